The van der Waals surface area contributed by atoms with Crippen LogP contribution < -0.4 is 10.5 Å². The zero-order chi connectivity index (χ0) is 14.4. The Kier molecular flexibility index (Phi) is 5.83. The first-order chi connectivity index (χ1) is 8.91. The van der Waals surface area contributed by atoms with Crippen LogP contribution in [0, 0.1) is 5.92 Å². The molecule has 19 heavy (non-hydrogen) atoms. The molecule has 4 nitrogen and oxygen atoms in total. The van der Waals surface area contributed by atoms with Gasteiger partial charge < -0.3 is 15.2 Å². The van der Waals surface area contributed by atoms with Crippen molar-refractivity contribution in [2.24, 2.45) is 11.7 Å². The molecule has 2 N–H and O–H groups in total. The molecule has 0 aliphatic rings. The van der Waals surface area contributed by atoms with E-state index in [1.807, 2.05) is 51.1 Å². The Labute approximate surface area is 114 Å². The van der Waals surface area contributed by atoms with Gasteiger partial charge in [0.1, 0.15) is 24.0 Å². The van der Waals surface area contributed by atoms with Gasteiger partial charge in [-0.3, -0.25) is 4.79 Å². The van der Waals surface area contributed by atoms with E-state index >= 15 is 0 Å². The second-order valence-corrected chi connectivity index (χ2v) is 5.07. The molecule has 0 saturated heterocycles. The number of hydrogen-bond donors (Lipinski definition) is 1. The number of rotatable bonds is 6. The van der Waals surface area contributed by atoms with Gasteiger partial charge in [-0.25, -0.2) is 0 Å². The molecule has 1 aromatic rings. The zero-order valence-corrected chi connectivity index (χ0v) is 12.0. The van der Waals surface area contributed by atoms with Crippen molar-refractivity contribution in [2.45, 2.75) is 45.9 Å². The van der Waals surface area contributed by atoms with E-state index in [0.717, 1.165) is 5.75 Å². The Morgan fingerprint density at radius 2 is 1.68 bits per heavy atom. The molecule has 0 heterocycles. The SMILES string of the molecule is CC(C)[C@H](OC(=O)[C@H](C)N)[C@H](C)Oc1ccccc1. The topological polar surface area (TPSA) is 61.5 Å². The fourth-order valence-electron chi connectivity index (χ4n) is 1.80. The lowest BCUT2D eigenvalue weighted by Gasteiger charge is -2.28. The van der Waals surface area contributed by atoms with Gasteiger partial charge in [0.15, 0.2) is 0 Å². The molecule has 0 unspecified atom stereocenters. The molecule has 1 aromatic carbocycles. The third-order valence-corrected chi connectivity index (χ3v) is 2.81. The lowest BCUT2D eigenvalue weighted by atomic mass is 10.0. The van der Waals surface area contributed by atoms with Crippen molar-refractivity contribution in [1.82, 2.24) is 0 Å². The van der Waals surface area contributed by atoms with Gasteiger partial charge in [0.25, 0.3) is 0 Å². The molecule has 3 atom stereocenters. The van der Waals surface area contributed by atoms with E-state index in [4.69, 9.17) is 15.2 Å². The molecule has 1 rings (SSSR count). The Morgan fingerprint density at radius 1 is 1.11 bits per heavy atom. The lowest BCUT2D eigenvalue weighted by Crippen LogP contribution is -2.41. The van der Waals surface area contributed by atoms with E-state index in [2.05, 4.69) is 0 Å². The number of nitrogens with two attached hydrogens (primary N) is 1. The first-order valence-corrected chi connectivity index (χ1v) is 6.59. The standard InChI is InChI=1S/C15H23NO3/c1-10(2)14(19-15(17)11(3)16)12(4)18-13-8-6-5-7-9-13/h5-12,14H,16H2,1-4H3/t11-,12-,14-/m0/s1. The third kappa shape index (κ3) is 4.91. The summed E-state index contributed by atoms with van der Waals surface area (Å²) in [6, 6.07) is 8.86. The van der Waals surface area contributed by atoms with Crippen LogP contribution in [0.15, 0.2) is 30.3 Å². The van der Waals surface area contributed by atoms with E-state index in [1.165, 1.54) is 0 Å². The summed E-state index contributed by atoms with van der Waals surface area (Å²) < 4.78 is 11.2. The summed E-state index contributed by atoms with van der Waals surface area (Å²) in [5, 5.41) is 0. The highest BCUT2D eigenvalue weighted by Gasteiger charge is 2.27. The molecule has 0 fully saturated rings. The van der Waals surface area contributed by atoms with Crippen LogP contribution in [0.1, 0.15) is 27.7 Å². The van der Waals surface area contributed by atoms with Crippen LogP contribution in [-0.4, -0.2) is 24.2 Å². The maximum Gasteiger partial charge on any atom is 0.323 e. The molecule has 0 saturated carbocycles. The highest BCUT2D eigenvalue weighted by Crippen LogP contribution is 2.18. The minimum absolute atomic E-state index is 0.154. The second-order valence-electron chi connectivity index (χ2n) is 5.07. The molecule has 0 aliphatic carbocycles. The van der Waals surface area contributed by atoms with Gasteiger partial charge in [-0.1, -0.05) is 32.0 Å². The number of benzene rings is 1. The molecular weight excluding hydrogens is 242 g/mol. The average Bonchev–Trinajstić information content (AvgIpc) is 2.36. The van der Waals surface area contributed by atoms with Gasteiger partial charge in [-0.2, -0.15) is 0 Å². The largest absolute Gasteiger partial charge is 0.487 e. The van der Waals surface area contributed by atoms with Crippen LogP contribution in [0.2, 0.25) is 0 Å². The highest BCUT2D eigenvalue weighted by atomic mass is 16.6. The maximum absolute atomic E-state index is 11.6. The Bertz CT molecular complexity index is 390. The van der Waals surface area contributed by atoms with Crippen LogP contribution in [-0.2, 0) is 9.53 Å². The van der Waals surface area contributed by atoms with Crippen molar-refractivity contribution in [2.75, 3.05) is 0 Å². The molecule has 0 bridgehead atoms. The summed E-state index contributed by atoms with van der Waals surface area (Å²) >= 11 is 0. The molecule has 106 valence electrons. The summed E-state index contributed by atoms with van der Waals surface area (Å²) in [7, 11) is 0. The minimum atomic E-state index is -0.620. The van der Waals surface area contributed by atoms with Crippen LogP contribution in [0.5, 0.6) is 5.75 Å². The fraction of sp³-hybridized carbons (Fsp3) is 0.533. The first kappa shape index (κ1) is 15.5. The van der Waals surface area contributed by atoms with Gasteiger partial charge in [-0.15, -0.1) is 0 Å². The van der Waals surface area contributed by atoms with E-state index in [1.54, 1.807) is 6.92 Å². The predicted molar refractivity (Wildman–Crippen MR) is 74.9 cm³/mol. The number of carbonyl (C=O) groups is 1. The Hall–Kier alpha value is -1.55. The maximum atomic E-state index is 11.6. The summed E-state index contributed by atoms with van der Waals surface area (Å²) in [5.74, 6) is 0.515. The number of para-hydroxylation sites is 1. The first-order valence-electron chi connectivity index (χ1n) is 6.59. The van der Waals surface area contributed by atoms with Crippen LogP contribution in [0.4, 0.5) is 0 Å². The van der Waals surface area contributed by atoms with Crippen molar-refractivity contribution in [3.63, 3.8) is 0 Å². The Balaban J connectivity index is 2.68. The van der Waals surface area contributed by atoms with E-state index in [0.29, 0.717) is 0 Å². The Morgan fingerprint density at radius 3 is 2.16 bits per heavy atom. The minimum Gasteiger partial charge on any atom is -0.487 e. The molecule has 0 radical (unpaired) electrons. The van der Waals surface area contributed by atoms with Gasteiger partial charge in [0, 0.05) is 0 Å². The van der Waals surface area contributed by atoms with Crippen molar-refractivity contribution in [3.8, 4) is 5.75 Å². The monoisotopic (exact) mass is 265 g/mol. The van der Waals surface area contributed by atoms with E-state index < -0.39 is 12.0 Å². The second kappa shape index (κ2) is 7.14. The van der Waals surface area contributed by atoms with E-state index in [-0.39, 0.29) is 18.1 Å². The van der Waals surface area contributed by atoms with Crippen molar-refractivity contribution in [3.05, 3.63) is 30.3 Å². The van der Waals surface area contributed by atoms with Crippen LogP contribution in [0.3, 0.4) is 0 Å². The van der Waals surface area contributed by atoms with Gasteiger partial charge in [-0.05, 0) is 31.9 Å². The summed E-state index contributed by atoms with van der Waals surface area (Å²) in [6.45, 7) is 7.49. The quantitative estimate of drug-likeness (QED) is 0.802. The van der Waals surface area contributed by atoms with Crippen LogP contribution in [0.25, 0.3) is 0 Å². The van der Waals surface area contributed by atoms with Crippen molar-refractivity contribution < 1.29 is 14.3 Å². The number of ether oxygens (including phenoxy) is 2. The number of hydrogen-bond acceptors (Lipinski definition) is 4. The summed E-state index contributed by atoms with van der Waals surface area (Å²) in [5.41, 5.74) is 5.52. The predicted octanol–water partition coefficient (Wildman–Crippen LogP) is 2.37. The van der Waals surface area contributed by atoms with Crippen molar-refractivity contribution >= 4 is 5.97 Å². The molecule has 0 aromatic heterocycles. The number of esters is 1. The highest BCUT2D eigenvalue weighted by molar-refractivity contribution is 5.75. The normalized spacial score (nSPS) is 15.7. The zero-order valence-electron chi connectivity index (χ0n) is 12.0. The third-order valence-electron chi connectivity index (χ3n) is 2.81. The molecular formula is C15H23NO3. The van der Waals surface area contributed by atoms with Gasteiger partial charge in [0.05, 0.1) is 0 Å². The molecule has 0 amide bonds. The summed E-state index contributed by atoms with van der Waals surface area (Å²) in [6.07, 6.45) is -0.552. The van der Waals surface area contributed by atoms with Gasteiger partial charge >= 0.3 is 5.97 Å². The number of carbonyl (C=O) groups excluding carboxylic acids is 1. The smallest absolute Gasteiger partial charge is 0.323 e. The molecule has 4 heteroatoms. The van der Waals surface area contributed by atoms with E-state index in [9.17, 15) is 4.79 Å². The van der Waals surface area contributed by atoms with Crippen molar-refractivity contribution in [1.29, 1.82) is 0 Å². The fourth-order valence-corrected chi connectivity index (χ4v) is 1.80. The van der Waals surface area contributed by atoms with Crippen LogP contribution >= 0.6 is 0 Å². The van der Waals surface area contributed by atoms with Gasteiger partial charge in [0.2, 0.25) is 0 Å². The summed E-state index contributed by atoms with van der Waals surface area (Å²) in [4.78, 5) is 11.6. The lowest BCUT2D eigenvalue weighted by molar-refractivity contribution is -0.157. The molecule has 0 spiro atoms. The molecule has 0 aliphatic heterocycles. The average molecular weight is 265 g/mol.